The molecule has 0 atom stereocenters. The highest BCUT2D eigenvalue weighted by molar-refractivity contribution is 9.10. The Bertz CT molecular complexity index is 356. The second-order valence-corrected chi connectivity index (χ2v) is 6.48. The number of aryl methyl sites for hydroxylation is 2. The van der Waals surface area contributed by atoms with Crippen LogP contribution in [0.2, 0.25) is 0 Å². The van der Waals surface area contributed by atoms with Gasteiger partial charge in [0.1, 0.15) is 0 Å². The summed E-state index contributed by atoms with van der Waals surface area (Å²) in [5.41, 5.74) is 2.53. The van der Waals surface area contributed by atoms with Crippen LogP contribution in [0.4, 0.5) is 0 Å². The van der Waals surface area contributed by atoms with Gasteiger partial charge < -0.3 is 0 Å². The Hall–Kier alpha value is 0.0400. The minimum absolute atomic E-state index is 0.881. The Morgan fingerprint density at radius 1 is 1.44 bits per heavy atom. The van der Waals surface area contributed by atoms with Gasteiger partial charge in [0.2, 0.25) is 0 Å². The Kier molecular flexibility index (Phi) is 4.36. The van der Waals surface area contributed by atoms with Crippen LogP contribution in [0.5, 0.6) is 0 Å². The number of rotatable bonds is 4. The summed E-state index contributed by atoms with van der Waals surface area (Å²) < 4.78 is 3.26. The molecular weight excluding hydrogens is 284 g/mol. The van der Waals surface area contributed by atoms with Gasteiger partial charge in [-0.2, -0.15) is 16.9 Å². The maximum Gasteiger partial charge on any atom is 0.0767 e. The number of hydrogen-bond acceptors (Lipinski definition) is 2. The average Bonchev–Trinajstić information content (AvgIpc) is 2.86. The van der Waals surface area contributed by atoms with E-state index in [0.717, 1.165) is 17.4 Å². The van der Waals surface area contributed by atoms with Crippen LogP contribution in [-0.4, -0.2) is 15.0 Å². The molecule has 0 unspecified atom stereocenters. The molecule has 1 aliphatic carbocycles. The fourth-order valence-electron chi connectivity index (χ4n) is 2.23. The van der Waals surface area contributed by atoms with E-state index >= 15 is 0 Å². The average molecular weight is 303 g/mol. The van der Waals surface area contributed by atoms with Crippen LogP contribution in [0.15, 0.2) is 4.47 Å². The number of thioether (sulfide) groups is 1. The van der Waals surface area contributed by atoms with E-state index < -0.39 is 0 Å². The first-order valence-corrected chi connectivity index (χ1v) is 7.88. The predicted molar refractivity (Wildman–Crippen MR) is 73.8 cm³/mol. The summed E-state index contributed by atoms with van der Waals surface area (Å²) in [6.45, 7) is 2.15. The topological polar surface area (TPSA) is 17.8 Å². The van der Waals surface area contributed by atoms with Crippen molar-refractivity contribution in [2.24, 2.45) is 7.05 Å². The number of aromatic nitrogens is 2. The molecule has 1 saturated carbocycles. The third-order valence-corrected chi connectivity index (χ3v) is 5.56. The third kappa shape index (κ3) is 2.65. The highest BCUT2D eigenvalue weighted by atomic mass is 79.9. The molecule has 2 nitrogen and oxygen atoms in total. The van der Waals surface area contributed by atoms with Crippen molar-refractivity contribution in [3.8, 4) is 0 Å². The summed E-state index contributed by atoms with van der Waals surface area (Å²) >= 11 is 5.77. The van der Waals surface area contributed by atoms with Crippen LogP contribution >= 0.6 is 27.7 Å². The molecule has 0 saturated heterocycles. The van der Waals surface area contributed by atoms with Crippen molar-refractivity contribution in [3.63, 3.8) is 0 Å². The molecule has 0 radical (unpaired) electrons. The third-order valence-electron chi connectivity index (χ3n) is 3.26. The van der Waals surface area contributed by atoms with Crippen molar-refractivity contribution in [3.05, 3.63) is 15.9 Å². The molecule has 0 amide bonds. The molecule has 0 aliphatic heterocycles. The van der Waals surface area contributed by atoms with E-state index in [2.05, 4.69) is 46.8 Å². The van der Waals surface area contributed by atoms with Crippen LogP contribution < -0.4 is 0 Å². The Morgan fingerprint density at radius 3 is 2.69 bits per heavy atom. The molecule has 0 aromatic carbocycles. The van der Waals surface area contributed by atoms with Crippen LogP contribution in [0.25, 0.3) is 0 Å². The molecule has 2 rings (SSSR count). The molecule has 0 N–H and O–H groups in total. The lowest BCUT2D eigenvalue weighted by atomic mass is 10.3. The number of halogens is 1. The minimum Gasteiger partial charge on any atom is -0.270 e. The lowest BCUT2D eigenvalue weighted by Gasteiger charge is -2.08. The zero-order valence-electron chi connectivity index (χ0n) is 10.0. The lowest BCUT2D eigenvalue weighted by molar-refractivity contribution is 0.719. The maximum absolute atomic E-state index is 4.53. The normalized spacial score (nSPS) is 17.2. The first-order chi connectivity index (χ1) is 7.72. The smallest absolute Gasteiger partial charge is 0.0767 e. The van der Waals surface area contributed by atoms with Gasteiger partial charge in [-0.15, -0.1) is 0 Å². The Morgan fingerprint density at radius 2 is 2.12 bits per heavy atom. The summed E-state index contributed by atoms with van der Waals surface area (Å²) in [4.78, 5) is 0. The largest absolute Gasteiger partial charge is 0.270 e. The fourth-order valence-corrected chi connectivity index (χ4v) is 4.56. The summed E-state index contributed by atoms with van der Waals surface area (Å²) in [5, 5.41) is 5.41. The monoisotopic (exact) mass is 302 g/mol. The van der Waals surface area contributed by atoms with Crippen molar-refractivity contribution in [2.75, 3.05) is 0 Å². The highest BCUT2D eigenvalue weighted by Gasteiger charge is 2.18. The molecule has 0 bridgehead atoms. The standard InChI is InChI=1S/C12H19BrN2S/c1-3-10-12(13)11(15(2)14-10)8-16-9-6-4-5-7-9/h9H,3-8H2,1-2H3. The van der Waals surface area contributed by atoms with E-state index in [0.29, 0.717) is 0 Å². The summed E-state index contributed by atoms with van der Waals surface area (Å²) in [6.07, 6.45) is 6.65. The number of nitrogens with zero attached hydrogens (tertiary/aromatic N) is 2. The SMILES string of the molecule is CCc1nn(C)c(CSC2CCCC2)c1Br. The molecule has 1 heterocycles. The molecule has 1 aliphatic rings. The Labute approximate surface area is 110 Å². The predicted octanol–water partition coefficient (Wildman–Crippen LogP) is 3.92. The number of hydrogen-bond donors (Lipinski definition) is 0. The van der Waals surface area contributed by atoms with Crippen molar-refractivity contribution < 1.29 is 0 Å². The first kappa shape index (κ1) is 12.5. The summed E-state index contributed by atoms with van der Waals surface area (Å²) in [6, 6.07) is 0. The molecule has 16 heavy (non-hydrogen) atoms. The van der Waals surface area contributed by atoms with Gasteiger partial charge in [-0.3, -0.25) is 4.68 Å². The molecule has 0 spiro atoms. The van der Waals surface area contributed by atoms with Gasteiger partial charge in [0.25, 0.3) is 0 Å². The second kappa shape index (κ2) is 5.58. The maximum atomic E-state index is 4.53. The van der Waals surface area contributed by atoms with Gasteiger partial charge in [0.05, 0.1) is 15.9 Å². The van der Waals surface area contributed by atoms with Gasteiger partial charge in [0.15, 0.2) is 0 Å². The van der Waals surface area contributed by atoms with Crippen LogP contribution in [0.1, 0.15) is 44.0 Å². The Balaban J connectivity index is 2.00. The van der Waals surface area contributed by atoms with Crippen molar-refractivity contribution in [1.82, 2.24) is 9.78 Å². The van der Waals surface area contributed by atoms with Gasteiger partial charge >= 0.3 is 0 Å². The molecule has 1 aromatic heterocycles. The molecular formula is C12H19BrN2S. The van der Waals surface area contributed by atoms with E-state index in [1.165, 1.54) is 41.5 Å². The van der Waals surface area contributed by atoms with E-state index in [1.807, 2.05) is 4.68 Å². The quantitative estimate of drug-likeness (QED) is 0.839. The van der Waals surface area contributed by atoms with Crippen LogP contribution in [-0.2, 0) is 19.2 Å². The first-order valence-electron chi connectivity index (χ1n) is 6.04. The second-order valence-electron chi connectivity index (χ2n) is 4.40. The van der Waals surface area contributed by atoms with Crippen molar-refractivity contribution in [1.29, 1.82) is 0 Å². The summed E-state index contributed by atoms with van der Waals surface area (Å²) in [7, 11) is 2.05. The zero-order chi connectivity index (χ0) is 11.5. The van der Waals surface area contributed by atoms with Gasteiger partial charge in [-0.1, -0.05) is 19.8 Å². The molecule has 4 heteroatoms. The van der Waals surface area contributed by atoms with Crippen LogP contribution in [0, 0.1) is 0 Å². The molecule has 1 fully saturated rings. The van der Waals surface area contributed by atoms with Gasteiger partial charge in [-0.05, 0) is 35.2 Å². The zero-order valence-corrected chi connectivity index (χ0v) is 12.4. The highest BCUT2D eigenvalue weighted by Crippen LogP contribution is 2.33. The minimum atomic E-state index is 0.881. The summed E-state index contributed by atoms with van der Waals surface area (Å²) in [5.74, 6) is 1.09. The molecule has 1 aromatic rings. The molecule has 90 valence electrons. The van der Waals surface area contributed by atoms with E-state index in [9.17, 15) is 0 Å². The van der Waals surface area contributed by atoms with E-state index in [4.69, 9.17) is 0 Å². The van der Waals surface area contributed by atoms with E-state index in [1.54, 1.807) is 0 Å². The van der Waals surface area contributed by atoms with Crippen LogP contribution in [0.3, 0.4) is 0 Å². The van der Waals surface area contributed by atoms with Crippen molar-refractivity contribution >= 4 is 27.7 Å². The lowest BCUT2D eigenvalue weighted by Crippen LogP contribution is -2.00. The van der Waals surface area contributed by atoms with Gasteiger partial charge in [-0.25, -0.2) is 0 Å². The van der Waals surface area contributed by atoms with Gasteiger partial charge in [0, 0.05) is 18.1 Å². The van der Waals surface area contributed by atoms with E-state index in [-0.39, 0.29) is 0 Å². The fraction of sp³-hybridized carbons (Fsp3) is 0.750. The van der Waals surface area contributed by atoms with Crippen molar-refractivity contribution in [2.45, 2.75) is 50.0 Å².